The first-order valence-electron chi connectivity index (χ1n) is 5.47. The highest BCUT2D eigenvalue weighted by molar-refractivity contribution is 9.11. The predicted octanol–water partition coefficient (Wildman–Crippen LogP) is 1.19. The fourth-order valence-corrected chi connectivity index (χ4v) is 3.46. The number of amides is 1. The number of β-amino-alcohol motifs (C(OH)–C–C–N with tert-alkyl or cyclic N) is 1. The first-order chi connectivity index (χ1) is 8.06. The first-order valence-corrected chi connectivity index (χ1v) is 7.08. The van der Waals surface area contributed by atoms with Crippen molar-refractivity contribution in [2.24, 2.45) is 0 Å². The van der Waals surface area contributed by atoms with Gasteiger partial charge in [-0.3, -0.25) is 4.79 Å². The van der Waals surface area contributed by atoms with E-state index in [1.165, 1.54) is 0 Å². The molecule has 2 N–H and O–H groups in total. The van der Waals surface area contributed by atoms with E-state index in [4.69, 9.17) is 0 Å². The van der Waals surface area contributed by atoms with Gasteiger partial charge in [0.15, 0.2) is 0 Å². The number of hydrogen-bond acceptors (Lipinski definition) is 4. The van der Waals surface area contributed by atoms with E-state index < -0.39 is 6.10 Å². The molecular formula is C11H15BrN2O2S. The van der Waals surface area contributed by atoms with E-state index in [0.29, 0.717) is 19.5 Å². The van der Waals surface area contributed by atoms with Gasteiger partial charge in [0.2, 0.25) is 5.91 Å². The maximum Gasteiger partial charge on any atom is 0.239 e. The molecule has 0 unspecified atom stereocenters. The van der Waals surface area contributed by atoms with E-state index in [0.717, 1.165) is 8.66 Å². The third kappa shape index (κ3) is 3.28. The number of hydrogen-bond donors (Lipinski definition) is 2. The highest BCUT2D eigenvalue weighted by Crippen LogP contribution is 2.23. The van der Waals surface area contributed by atoms with Crippen LogP contribution in [0.4, 0.5) is 0 Å². The molecule has 0 spiro atoms. The van der Waals surface area contributed by atoms with Crippen LogP contribution in [0.5, 0.6) is 0 Å². The second kappa shape index (κ2) is 5.48. The number of rotatable bonds is 3. The summed E-state index contributed by atoms with van der Waals surface area (Å²) in [5.74, 6) is 0.0473. The Morgan fingerprint density at radius 3 is 3.00 bits per heavy atom. The van der Waals surface area contributed by atoms with E-state index in [-0.39, 0.29) is 11.9 Å². The van der Waals surface area contributed by atoms with Gasteiger partial charge in [-0.05, 0) is 34.5 Å². The second-order valence-corrected chi connectivity index (χ2v) is 6.80. The summed E-state index contributed by atoms with van der Waals surface area (Å²) in [5.41, 5.74) is 0. The van der Waals surface area contributed by atoms with Gasteiger partial charge in [0.1, 0.15) is 0 Å². The summed E-state index contributed by atoms with van der Waals surface area (Å²) in [4.78, 5) is 14.9. The van der Waals surface area contributed by atoms with E-state index >= 15 is 0 Å². The van der Waals surface area contributed by atoms with Crippen LogP contribution >= 0.6 is 27.3 Å². The molecule has 1 aliphatic rings. The van der Waals surface area contributed by atoms with Gasteiger partial charge >= 0.3 is 0 Å². The monoisotopic (exact) mass is 318 g/mol. The molecule has 1 aromatic rings. The van der Waals surface area contributed by atoms with Crippen molar-refractivity contribution in [3.8, 4) is 0 Å². The molecule has 2 heterocycles. The molecule has 2 atom stereocenters. The Labute approximate surface area is 113 Å². The quantitative estimate of drug-likeness (QED) is 0.880. The summed E-state index contributed by atoms with van der Waals surface area (Å²) in [5, 5.41) is 12.4. The second-order valence-electron chi connectivity index (χ2n) is 4.25. The number of thiophene rings is 1. The topological polar surface area (TPSA) is 52.6 Å². The summed E-state index contributed by atoms with van der Waals surface area (Å²) >= 11 is 5.03. The van der Waals surface area contributed by atoms with Gasteiger partial charge in [0.25, 0.3) is 0 Å². The zero-order chi connectivity index (χ0) is 12.4. The highest BCUT2D eigenvalue weighted by Gasteiger charge is 2.30. The van der Waals surface area contributed by atoms with Gasteiger partial charge < -0.3 is 15.3 Å². The standard InChI is InChI=1S/C11H15BrN2O2S/c1-14(6-8-2-3-10(12)17-8)11(16)9-4-7(15)5-13-9/h2-3,7,9,13,15H,4-6H2,1H3/t7-,9+/m0/s1. The Morgan fingerprint density at radius 1 is 1.71 bits per heavy atom. The van der Waals surface area contributed by atoms with Gasteiger partial charge in [-0.25, -0.2) is 0 Å². The molecule has 0 bridgehead atoms. The molecule has 2 rings (SSSR count). The lowest BCUT2D eigenvalue weighted by atomic mass is 10.2. The minimum atomic E-state index is -0.395. The number of nitrogens with zero attached hydrogens (tertiary/aromatic N) is 1. The fourth-order valence-electron chi connectivity index (χ4n) is 1.92. The minimum absolute atomic E-state index is 0.0473. The van der Waals surface area contributed by atoms with Crippen LogP contribution in [0.1, 0.15) is 11.3 Å². The Hall–Kier alpha value is -0.430. The van der Waals surface area contributed by atoms with Gasteiger partial charge in [-0.1, -0.05) is 0 Å². The average Bonchev–Trinajstić information content (AvgIpc) is 2.87. The Kier molecular flexibility index (Phi) is 4.19. The third-order valence-electron chi connectivity index (χ3n) is 2.80. The molecule has 1 fully saturated rings. The van der Waals surface area contributed by atoms with Crippen LogP contribution in [-0.2, 0) is 11.3 Å². The molecule has 1 aromatic heterocycles. The summed E-state index contributed by atoms with van der Waals surface area (Å²) in [6, 6.07) is 3.75. The molecule has 94 valence electrons. The summed E-state index contributed by atoms with van der Waals surface area (Å²) in [7, 11) is 1.79. The summed E-state index contributed by atoms with van der Waals surface area (Å²) in [6.45, 7) is 1.12. The van der Waals surface area contributed by atoms with Crippen LogP contribution in [0, 0.1) is 0 Å². The maximum atomic E-state index is 12.0. The molecule has 0 saturated carbocycles. The molecular weight excluding hydrogens is 304 g/mol. The number of nitrogens with one attached hydrogen (secondary N) is 1. The number of likely N-dealkylation sites (N-methyl/N-ethyl adjacent to an activating group) is 1. The molecule has 6 heteroatoms. The predicted molar refractivity (Wildman–Crippen MR) is 70.9 cm³/mol. The highest BCUT2D eigenvalue weighted by atomic mass is 79.9. The lowest BCUT2D eigenvalue weighted by molar-refractivity contribution is -0.132. The van der Waals surface area contributed by atoms with Gasteiger partial charge in [-0.2, -0.15) is 0 Å². The van der Waals surface area contributed by atoms with Gasteiger partial charge in [-0.15, -0.1) is 11.3 Å². The maximum absolute atomic E-state index is 12.0. The van der Waals surface area contributed by atoms with E-state index in [1.54, 1.807) is 23.3 Å². The van der Waals surface area contributed by atoms with Crippen molar-refractivity contribution in [1.29, 1.82) is 0 Å². The number of aliphatic hydroxyl groups excluding tert-OH is 1. The van der Waals surface area contributed by atoms with Crippen LogP contribution in [0.15, 0.2) is 15.9 Å². The summed E-state index contributed by atoms with van der Waals surface area (Å²) in [6.07, 6.45) is 0.116. The van der Waals surface area contributed by atoms with Gasteiger partial charge in [0.05, 0.1) is 22.5 Å². The van der Waals surface area contributed by atoms with Crippen molar-refractivity contribution in [2.75, 3.05) is 13.6 Å². The van der Waals surface area contributed by atoms with Gasteiger partial charge in [0, 0.05) is 18.5 Å². The Bertz CT molecular complexity index is 410. The fraction of sp³-hybridized carbons (Fsp3) is 0.545. The van der Waals surface area contributed by atoms with Crippen LogP contribution in [-0.4, -0.2) is 41.7 Å². The molecule has 1 aliphatic heterocycles. The van der Waals surface area contributed by atoms with E-state index in [9.17, 15) is 9.90 Å². The third-order valence-corrected chi connectivity index (χ3v) is 4.41. The SMILES string of the molecule is CN(Cc1ccc(Br)s1)C(=O)[C@H]1C[C@H](O)CN1. The lowest BCUT2D eigenvalue weighted by Gasteiger charge is -2.20. The molecule has 17 heavy (non-hydrogen) atoms. The molecule has 0 radical (unpaired) electrons. The van der Waals surface area contributed by atoms with Crippen LogP contribution < -0.4 is 5.32 Å². The van der Waals surface area contributed by atoms with Crippen molar-refractivity contribution in [3.05, 3.63) is 20.8 Å². The summed E-state index contributed by atoms with van der Waals surface area (Å²) < 4.78 is 1.07. The van der Waals surface area contributed by atoms with Crippen molar-refractivity contribution >= 4 is 33.2 Å². The molecule has 0 aromatic carbocycles. The minimum Gasteiger partial charge on any atom is -0.392 e. The zero-order valence-electron chi connectivity index (χ0n) is 9.52. The van der Waals surface area contributed by atoms with E-state index in [1.807, 2.05) is 12.1 Å². The van der Waals surface area contributed by atoms with Crippen molar-refractivity contribution < 1.29 is 9.90 Å². The number of aliphatic hydroxyl groups is 1. The number of carbonyl (C=O) groups excluding carboxylic acids is 1. The average molecular weight is 319 g/mol. The van der Waals surface area contributed by atoms with Crippen molar-refractivity contribution in [2.45, 2.75) is 25.1 Å². The number of carbonyl (C=O) groups is 1. The largest absolute Gasteiger partial charge is 0.392 e. The van der Waals surface area contributed by atoms with Crippen molar-refractivity contribution in [1.82, 2.24) is 10.2 Å². The van der Waals surface area contributed by atoms with Crippen molar-refractivity contribution in [3.63, 3.8) is 0 Å². The zero-order valence-corrected chi connectivity index (χ0v) is 11.9. The van der Waals surface area contributed by atoms with Crippen LogP contribution in [0.2, 0.25) is 0 Å². The normalized spacial score (nSPS) is 23.9. The Balaban J connectivity index is 1.91. The molecule has 1 saturated heterocycles. The first kappa shape index (κ1) is 13.0. The molecule has 4 nitrogen and oxygen atoms in total. The van der Waals surface area contributed by atoms with Crippen LogP contribution in [0.3, 0.4) is 0 Å². The van der Waals surface area contributed by atoms with E-state index in [2.05, 4.69) is 21.2 Å². The molecule has 0 aliphatic carbocycles. The number of halogens is 1. The van der Waals surface area contributed by atoms with Crippen LogP contribution in [0.25, 0.3) is 0 Å². The smallest absolute Gasteiger partial charge is 0.239 e. The molecule has 1 amide bonds. The Morgan fingerprint density at radius 2 is 2.47 bits per heavy atom. The lowest BCUT2D eigenvalue weighted by Crippen LogP contribution is -2.41.